The minimum Gasteiger partial charge on any atom is -0.368 e. The maximum atomic E-state index is 6.56. The fraction of sp³-hybridized carbons (Fsp3) is 0.318. The Morgan fingerprint density at radius 1 is 0.857 bits per heavy atom. The Balaban J connectivity index is 1.47. The lowest BCUT2D eigenvalue weighted by Gasteiger charge is -2.41. The molecule has 1 fully saturated rings. The van der Waals surface area contributed by atoms with Crippen LogP contribution in [0.25, 0.3) is 0 Å². The van der Waals surface area contributed by atoms with E-state index >= 15 is 0 Å². The molecule has 2 aliphatic rings. The maximum absolute atomic E-state index is 6.56. The average molecular weight is 373 g/mol. The van der Waals surface area contributed by atoms with Gasteiger partial charge in [-0.3, -0.25) is 4.98 Å². The van der Waals surface area contributed by atoms with E-state index in [1.807, 2.05) is 24.5 Å². The lowest BCUT2D eigenvalue weighted by atomic mass is 9.83. The van der Waals surface area contributed by atoms with Crippen LogP contribution >= 0.6 is 0 Å². The van der Waals surface area contributed by atoms with Gasteiger partial charge in [0.1, 0.15) is 0 Å². The number of piperidine rings is 1. The average Bonchev–Trinajstić information content (AvgIpc) is 2.93. The predicted molar refractivity (Wildman–Crippen MR) is 109 cm³/mol. The number of fused-ring (bicyclic) bond motifs is 2. The Morgan fingerprint density at radius 2 is 1.68 bits per heavy atom. The SMILES string of the molecule is c1cnc(N2CCC3(CC2)OCCN(c2cccnc2)c2ccccc23)nc1. The van der Waals surface area contributed by atoms with Crippen LogP contribution in [0, 0.1) is 0 Å². The van der Waals surface area contributed by atoms with Crippen LogP contribution in [0.2, 0.25) is 0 Å². The number of rotatable bonds is 2. The van der Waals surface area contributed by atoms with Crippen molar-refractivity contribution >= 4 is 17.3 Å². The van der Waals surface area contributed by atoms with Crippen molar-refractivity contribution < 1.29 is 4.74 Å². The Bertz CT molecular complexity index is 926. The second kappa shape index (κ2) is 7.20. The topological polar surface area (TPSA) is 54.4 Å². The van der Waals surface area contributed by atoms with Crippen molar-refractivity contribution in [3.63, 3.8) is 0 Å². The van der Waals surface area contributed by atoms with Gasteiger partial charge in [-0.05, 0) is 37.1 Å². The molecule has 5 rings (SSSR count). The summed E-state index contributed by atoms with van der Waals surface area (Å²) in [5.74, 6) is 0.802. The number of pyridine rings is 1. The maximum Gasteiger partial charge on any atom is 0.225 e. The van der Waals surface area contributed by atoms with Gasteiger partial charge in [-0.2, -0.15) is 0 Å². The molecule has 0 amide bonds. The summed E-state index contributed by atoms with van der Waals surface area (Å²) >= 11 is 0. The highest BCUT2D eigenvalue weighted by atomic mass is 16.5. The lowest BCUT2D eigenvalue weighted by Crippen LogP contribution is -2.44. The van der Waals surface area contributed by atoms with E-state index < -0.39 is 0 Å². The zero-order valence-electron chi connectivity index (χ0n) is 15.7. The van der Waals surface area contributed by atoms with E-state index in [0.717, 1.165) is 44.1 Å². The normalized spacial score (nSPS) is 18.6. The smallest absolute Gasteiger partial charge is 0.225 e. The first-order valence-electron chi connectivity index (χ1n) is 9.79. The van der Waals surface area contributed by atoms with Crippen LogP contribution in [-0.4, -0.2) is 41.2 Å². The van der Waals surface area contributed by atoms with Gasteiger partial charge in [-0.15, -0.1) is 0 Å². The molecule has 0 N–H and O–H groups in total. The molecule has 6 heteroatoms. The van der Waals surface area contributed by atoms with Crippen molar-refractivity contribution in [2.24, 2.45) is 0 Å². The highest BCUT2D eigenvalue weighted by Crippen LogP contribution is 2.45. The second-order valence-electron chi connectivity index (χ2n) is 7.26. The fourth-order valence-corrected chi connectivity index (χ4v) is 4.34. The summed E-state index contributed by atoms with van der Waals surface area (Å²) in [4.78, 5) is 17.7. The standard InChI is InChI=1S/C22H23N5O/c1-2-7-20-19(6-1)22(28-16-15-27(20)18-5-3-10-23-17-18)8-13-26(14-9-22)21-24-11-4-12-25-21/h1-7,10-12,17H,8-9,13-16H2. The fourth-order valence-electron chi connectivity index (χ4n) is 4.34. The van der Waals surface area contributed by atoms with Crippen molar-refractivity contribution in [1.29, 1.82) is 0 Å². The van der Waals surface area contributed by atoms with Crippen molar-refractivity contribution in [2.75, 3.05) is 36.0 Å². The molecule has 28 heavy (non-hydrogen) atoms. The van der Waals surface area contributed by atoms with E-state index in [-0.39, 0.29) is 5.60 Å². The van der Waals surface area contributed by atoms with Gasteiger partial charge in [-0.1, -0.05) is 18.2 Å². The van der Waals surface area contributed by atoms with E-state index in [1.165, 1.54) is 11.3 Å². The minimum absolute atomic E-state index is 0.265. The first-order valence-corrected chi connectivity index (χ1v) is 9.79. The number of para-hydroxylation sites is 1. The number of hydrogen-bond acceptors (Lipinski definition) is 6. The highest BCUT2D eigenvalue weighted by Gasteiger charge is 2.41. The summed E-state index contributed by atoms with van der Waals surface area (Å²) in [6.45, 7) is 3.26. The van der Waals surface area contributed by atoms with Crippen molar-refractivity contribution in [1.82, 2.24) is 15.0 Å². The molecule has 4 heterocycles. The minimum atomic E-state index is -0.265. The molecule has 3 aromatic rings. The zero-order chi connectivity index (χ0) is 18.8. The van der Waals surface area contributed by atoms with Crippen LogP contribution in [0.4, 0.5) is 17.3 Å². The lowest BCUT2D eigenvalue weighted by molar-refractivity contribution is -0.0604. The Morgan fingerprint density at radius 3 is 2.46 bits per heavy atom. The molecule has 0 bridgehead atoms. The van der Waals surface area contributed by atoms with Crippen molar-refractivity contribution in [3.05, 3.63) is 72.8 Å². The van der Waals surface area contributed by atoms with Gasteiger partial charge in [-0.25, -0.2) is 9.97 Å². The van der Waals surface area contributed by atoms with Crippen LogP contribution in [0.1, 0.15) is 18.4 Å². The van der Waals surface area contributed by atoms with Crippen LogP contribution in [0.5, 0.6) is 0 Å². The molecule has 1 aromatic carbocycles. The van der Waals surface area contributed by atoms with E-state index in [1.54, 1.807) is 12.4 Å². The Kier molecular flexibility index (Phi) is 4.41. The van der Waals surface area contributed by atoms with Gasteiger partial charge in [0.15, 0.2) is 0 Å². The Hall–Kier alpha value is -2.99. The molecular formula is C22H23N5O. The quantitative estimate of drug-likeness (QED) is 0.685. The summed E-state index contributed by atoms with van der Waals surface area (Å²) in [7, 11) is 0. The summed E-state index contributed by atoms with van der Waals surface area (Å²) in [5, 5.41) is 0. The summed E-state index contributed by atoms with van der Waals surface area (Å²) < 4.78 is 6.56. The van der Waals surface area contributed by atoms with E-state index in [0.29, 0.717) is 6.61 Å². The third kappa shape index (κ3) is 2.99. The molecule has 0 aliphatic carbocycles. The first-order chi connectivity index (χ1) is 13.9. The van der Waals surface area contributed by atoms with Crippen LogP contribution in [-0.2, 0) is 10.3 Å². The molecule has 0 atom stereocenters. The number of hydrogen-bond donors (Lipinski definition) is 0. The van der Waals surface area contributed by atoms with Gasteiger partial charge in [0, 0.05) is 49.5 Å². The van der Waals surface area contributed by atoms with Crippen LogP contribution in [0.3, 0.4) is 0 Å². The number of nitrogens with zero attached hydrogens (tertiary/aromatic N) is 5. The number of ether oxygens (including phenoxy) is 1. The molecule has 1 spiro atoms. The zero-order valence-corrected chi connectivity index (χ0v) is 15.7. The largest absolute Gasteiger partial charge is 0.368 e. The summed E-state index contributed by atoms with van der Waals surface area (Å²) in [6.07, 6.45) is 9.18. The van der Waals surface area contributed by atoms with Gasteiger partial charge < -0.3 is 14.5 Å². The molecule has 142 valence electrons. The molecular weight excluding hydrogens is 350 g/mol. The first kappa shape index (κ1) is 17.1. The molecule has 0 unspecified atom stereocenters. The van der Waals surface area contributed by atoms with E-state index in [9.17, 15) is 0 Å². The van der Waals surface area contributed by atoms with Gasteiger partial charge >= 0.3 is 0 Å². The van der Waals surface area contributed by atoms with Gasteiger partial charge in [0.05, 0.1) is 24.1 Å². The predicted octanol–water partition coefficient (Wildman–Crippen LogP) is 3.54. The monoisotopic (exact) mass is 373 g/mol. The third-order valence-electron chi connectivity index (χ3n) is 5.74. The Labute approximate surface area is 164 Å². The van der Waals surface area contributed by atoms with Crippen molar-refractivity contribution in [2.45, 2.75) is 18.4 Å². The molecule has 6 nitrogen and oxygen atoms in total. The van der Waals surface area contributed by atoms with Crippen LogP contribution in [0.15, 0.2) is 67.3 Å². The number of aromatic nitrogens is 3. The van der Waals surface area contributed by atoms with Gasteiger partial charge in [0.25, 0.3) is 0 Å². The van der Waals surface area contributed by atoms with Gasteiger partial charge in [0.2, 0.25) is 5.95 Å². The summed E-state index contributed by atoms with van der Waals surface area (Å²) in [5.41, 5.74) is 3.33. The molecule has 2 aromatic heterocycles. The second-order valence-corrected chi connectivity index (χ2v) is 7.26. The third-order valence-corrected chi connectivity index (χ3v) is 5.74. The van der Waals surface area contributed by atoms with Crippen molar-refractivity contribution in [3.8, 4) is 0 Å². The molecule has 0 saturated carbocycles. The van der Waals surface area contributed by atoms with E-state index in [2.05, 4.69) is 55.1 Å². The van der Waals surface area contributed by atoms with E-state index in [4.69, 9.17) is 4.74 Å². The van der Waals surface area contributed by atoms with Crippen LogP contribution < -0.4 is 9.80 Å². The molecule has 2 aliphatic heterocycles. The highest BCUT2D eigenvalue weighted by molar-refractivity contribution is 5.67. The summed E-state index contributed by atoms with van der Waals surface area (Å²) in [6, 6.07) is 14.6. The number of benzene rings is 1. The number of anilines is 3. The molecule has 1 saturated heterocycles. The molecule has 0 radical (unpaired) electrons.